The standard InChI is InChI=1S/C14H23NO4/c1-15(7-5-6-8-16)11-9-13(18-3)14(19-4)10-12(11)17-2/h9-10,16H,5-8H2,1-4H3. The Kier molecular flexibility index (Phi) is 6.29. The molecule has 108 valence electrons. The van der Waals surface area contributed by atoms with Crippen molar-refractivity contribution >= 4 is 5.69 Å². The zero-order chi connectivity index (χ0) is 14.3. The second kappa shape index (κ2) is 7.74. The van der Waals surface area contributed by atoms with E-state index in [1.807, 2.05) is 19.2 Å². The highest BCUT2D eigenvalue weighted by molar-refractivity contribution is 5.65. The van der Waals surface area contributed by atoms with Crippen LogP contribution in [0.4, 0.5) is 5.69 Å². The van der Waals surface area contributed by atoms with Crippen LogP contribution in [-0.4, -0.2) is 46.6 Å². The van der Waals surface area contributed by atoms with Gasteiger partial charge in [0.05, 0.1) is 27.0 Å². The average molecular weight is 269 g/mol. The molecule has 0 aliphatic heterocycles. The fraction of sp³-hybridized carbons (Fsp3) is 0.571. The Morgan fingerprint density at radius 1 is 0.947 bits per heavy atom. The largest absolute Gasteiger partial charge is 0.494 e. The zero-order valence-corrected chi connectivity index (χ0v) is 12.1. The van der Waals surface area contributed by atoms with Crippen molar-refractivity contribution in [1.29, 1.82) is 0 Å². The molecule has 19 heavy (non-hydrogen) atoms. The maximum Gasteiger partial charge on any atom is 0.164 e. The number of unbranched alkanes of at least 4 members (excludes halogenated alkanes) is 1. The number of hydrogen-bond donors (Lipinski definition) is 1. The van der Waals surface area contributed by atoms with E-state index in [2.05, 4.69) is 4.90 Å². The van der Waals surface area contributed by atoms with E-state index >= 15 is 0 Å². The molecule has 0 radical (unpaired) electrons. The van der Waals surface area contributed by atoms with Gasteiger partial charge in [-0.2, -0.15) is 0 Å². The zero-order valence-electron chi connectivity index (χ0n) is 12.1. The molecule has 0 atom stereocenters. The number of anilines is 1. The number of aliphatic hydroxyl groups excluding tert-OH is 1. The second-order valence-corrected chi connectivity index (χ2v) is 4.23. The summed E-state index contributed by atoms with van der Waals surface area (Å²) in [6.07, 6.45) is 1.71. The summed E-state index contributed by atoms with van der Waals surface area (Å²) < 4.78 is 15.9. The van der Waals surface area contributed by atoms with Gasteiger partial charge in [0, 0.05) is 32.3 Å². The molecular weight excluding hydrogens is 246 g/mol. The molecule has 1 N–H and O–H groups in total. The normalized spacial score (nSPS) is 10.2. The summed E-state index contributed by atoms with van der Waals surface area (Å²) in [4.78, 5) is 2.08. The number of methoxy groups -OCH3 is 3. The van der Waals surface area contributed by atoms with Gasteiger partial charge in [-0.05, 0) is 12.8 Å². The third-order valence-electron chi connectivity index (χ3n) is 3.00. The molecule has 0 saturated heterocycles. The molecule has 0 aromatic heterocycles. The SMILES string of the molecule is COc1cc(OC)c(N(C)CCCCO)cc1OC. The highest BCUT2D eigenvalue weighted by Gasteiger charge is 2.14. The van der Waals surface area contributed by atoms with Crippen molar-refractivity contribution in [3.05, 3.63) is 12.1 Å². The van der Waals surface area contributed by atoms with Crippen LogP contribution < -0.4 is 19.1 Å². The van der Waals surface area contributed by atoms with Gasteiger partial charge in [0.15, 0.2) is 11.5 Å². The number of hydrogen-bond acceptors (Lipinski definition) is 5. The van der Waals surface area contributed by atoms with Crippen LogP contribution >= 0.6 is 0 Å². The Morgan fingerprint density at radius 2 is 1.53 bits per heavy atom. The van der Waals surface area contributed by atoms with Crippen molar-refractivity contribution in [3.8, 4) is 17.2 Å². The molecule has 5 heteroatoms. The lowest BCUT2D eigenvalue weighted by atomic mass is 10.2. The minimum Gasteiger partial charge on any atom is -0.494 e. The van der Waals surface area contributed by atoms with Crippen LogP contribution in [-0.2, 0) is 0 Å². The van der Waals surface area contributed by atoms with Crippen molar-refractivity contribution < 1.29 is 19.3 Å². The number of benzene rings is 1. The van der Waals surface area contributed by atoms with E-state index in [4.69, 9.17) is 19.3 Å². The van der Waals surface area contributed by atoms with Crippen LogP contribution in [0.15, 0.2) is 12.1 Å². The molecule has 0 aliphatic carbocycles. The molecule has 1 aromatic rings. The van der Waals surface area contributed by atoms with Crippen LogP contribution in [0.2, 0.25) is 0 Å². The van der Waals surface area contributed by atoms with Crippen molar-refractivity contribution in [2.24, 2.45) is 0 Å². The number of rotatable bonds is 8. The quantitative estimate of drug-likeness (QED) is 0.731. The van der Waals surface area contributed by atoms with Crippen LogP contribution in [0.25, 0.3) is 0 Å². The molecule has 1 aromatic carbocycles. The summed E-state index contributed by atoms with van der Waals surface area (Å²) in [5.41, 5.74) is 0.943. The van der Waals surface area contributed by atoms with Crippen LogP contribution in [0.1, 0.15) is 12.8 Å². The lowest BCUT2D eigenvalue weighted by Gasteiger charge is -2.23. The predicted octanol–water partition coefficient (Wildman–Crippen LogP) is 1.92. The van der Waals surface area contributed by atoms with Gasteiger partial charge in [-0.1, -0.05) is 0 Å². The molecule has 0 amide bonds. The van der Waals surface area contributed by atoms with Crippen molar-refractivity contribution in [1.82, 2.24) is 0 Å². The lowest BCUT2D eigenvalue weighted by molar-refractivity contribution is 0.285. The topological polar surface area (TPSA) is 51.2 Å². The minimum atomic E-state index is 0.219. The molecule has 0 fully saturated rings. The molecule has 0 unspecified atom stereocenters. The first kappa shape index (κ1) is 15.4. The van der Waals surface area contributed by atoms with Gasteiger partial charge in [-0.3, -0.25) is 0 Å². The van der Waals surface area contributed by atoms with E-state index < -0.39 is 0 Å². The van der Waals surface area contributed by atoms with Crippen LogP contribution in [0.5, 0.6) is 17.2 Å². The van der Waals surface area contributed by atoms with Gasteiger partial charge >= 0.3 is 0 Å². The summed E-state index contributed by atoms with van der Waals surface area (Å²) in [6, 6.07) is 3.72. The Morgan fingerprint density at radius 3 is 2.05 bits per heavy atom. The molecule has 5 nitrogen and oxygen atoms in total. The Bertz CT molecular complexity index is 395. The summed E-state index contributed by atoms with van der Waals surface area (Å²) in [5, 5.41) is 8.82. The first-order valence-corrected chi connectivity index (χ1v) is 6.30. The third kappa shape index (κ3) is 3.92. The number of nitrogens with zero attached hydrogens (tertiary/aromatic N) is 1. The van der Waals surface area contributed by atoms with Crippen molar-refractivity contribution in [2.75, 3.05) is 46.4 Å². The summed E-state index contributed by atoms with van der Waals surface area (Å²) >= 11 is 0. The minimum absolute atomic E-state index is 0.219. The fourth-order valence-electron chi connectivity index (χ4n) is 1.89. The highest BCUT2D eigenvalue weighted by Crippen LogP contribution is 2.39. The van der Waals surface area contributed by atoms with Gasteiger partial charge in [-0.25, -0.2) is 0 Å². The molecular formula is C14H23NO4. The molecule has 0 aliphatic rings. The number of ether oxygens (including phenoxy) is 3. The molecule has 0 spiro atoms. The molecule has 0 bridgehead atoms. The first-order chi connectivity index (χ1) is 9.17. The van der Waals surface area contributed by atoms with Crippen LogP contribution in [0, 0.1) is 0 Å². The Labute approximate surface area is 114 Å². The van der Waals surface area contributed by atoms with Gasteiger partial charge < -0.3 is 24.2 Å². The summed E-state index contributed by atoms with van der Waals surface area (Å²) in [7, 11) is 6.83. The van der Waals surface area contributed by atoms with Gasteiger partial charge in [-0.15, -0.1) is 0 Å². The van der Waals surface area contributed by atoms with E-state index in [9.17, 15) is 0 Å². The smallest absolute Gasteiger partial charge is 0.164 e. The third-order valence-corrected chi connectivity index (χ3v) is 3.00. The summed E-state index contributed by atoms with van der Waals surface area (Å²) in [6.45, 7) is 1.06. The van der Waals surface area contributed by atoms with E-state index in [-0.39, 0.29) is 6.61 Å². The average Bonchev–Trinajstić information content (AvgIpc) is 2.45. The molecule has 0 heterocycles. The van der Waals surface area contributed by atoms with E-state index in [0.29, 0.717) is 11.5 Å². The Hall–Kier alpha value is -1.62. The molecule has 0 saturated carbocycles. The maximum atomic E-state index is 8.82. The van der Waals surface area contributed by atoms with E-state index in [0.717, 1.165) is 30.8 Å². The summed E-state index contributed by atoms with van der Waals surface area (Å²) in [5.74, 6) is 2.06. The van der Waals surface area contributed by atoms with Gasteiger partial charge in [0.2, 0.25) is 0 Å². The van der Waals surface area contributed by atoms with Crippen molar-refractivity contribution in [3.63, 3.8) is 0 Å². The molecule has 1 rings (SSSR count). The van der Waals surface area contributed by atoms with E-state index in [1.165, 1.54) is 0 Å². The Balaban J connectivity index is 2.97. The number of aliphatic hydroxyl groups is 1. The maximum absolute atomic E-state index is 8.82. The highest BCUT2D eigenvalue weighted by atomic mass is 16.5. The second-order valence-electron chi connectivity index (χ2n) is 4.23. The lowest BCUT2D eigenvalue weighted by Crippen LogP contribution is -2.19. The monoisotopic (exact) mass is 269 g/mol. The van der Waals surface area contributed by atoms with Gasteiger partial charge in [0.1, 0.15) is 5.75 Å². The van der Waals surface area contributed by atoms with E-state index in [1.54, 1.807) is 21.3 Å². The van der Waals surface area contributed by atoms with Crippen molar-refractivity contribution in [2.45, 2.75) is 12.8 Å². The predicted molar refractivity (Wildman–Crippen MR) is 75.7 cm³/mol. The van der Waals surface area contributed by atoms with Crippen LogP contribution in [0.3, 0.4) is 0 Å². The first-order valence-electron chi connectivity index (χ1n) is 6.30. The van der Waals surface area contributed by atoms with Gasteiger partial charge in [0.25, 0.3) is 0 Å². The fourth-order valence-corrected chi connectivity index (χ4v) is 1.89.